The second kappa shape index (κ2) is 5.31. The van der Waals surface area contributed by atoms with Crippen LogP contribution in [-0.2, 0) is 14.2 Å². The van der Waals surface area contributed by atoms with Crippen molar-refractivity contribution in [3.05, 3.63) is 0 Å². The molecule has 0 radical (unpaired) electrons. The molecule has 2 N–H and O–H groups in total. The number of amides is 1. The van der Waals surface area contributed by atoms with Crippen molar-refractivity contribution in [1.82, 2.24) is 5.32 Å². The molecule has 4 unspecified atom stereocenters. The van der Waals surface area contributed by atoms with Gasteiger partial charge in [0, 0.05) is 0 Å². The van der Waals surface area contributed by atoms with E-state index in [1.54, 1.807) is 6.92 Å². The summed E-state index contributed by atoms with van der Waals surface area (Å²) < 4.78 is 30.3. The number of halogens is 2. The molecule has 3 saturated carbocycles. The van der Waals surface area contributed by atoms with Gasteiger partial charge in [-0.15, -0.1) is 0 Å². The van der Waals surface area contributed by atoms with Crippen LogP contribution in [-0.4, -0.2) is 27.9 Å². The molecule has 0 aliphatic heterocycles. The maximum atomic E-state index is 13.4. The molecule has 0 aromatic carbocycles. The highest BCUT2D eigenvalue weighted by Gasteiger charge is 2.63. The second-order valence-corrected chi connectivity index (χ2v) is 7.35. The Morgan fingerprint density at radius 3 is 2.52 bits per heavy atom. The molecule has 0 spiro atoms. The minimum atomic E-state index is -3.97. The van der Waals surface area contributed by atoms with E-state index < -0.39 is 34.8 Å². The largest absolute Gasteiger partial charge is 0.691 e. The summed E-state index contributed by atoms with van der Waals surface area (Å²) in [5, 5.41) is 21.2. The summed E-state index contributed by atoms with van der Waals surface area (Å²) in [5.41, 5.74) is -1.33. The summed E-state index contributed by atoms with van der Waals surface area (Å²) in [4.78, 5) is 11.6. The quantitative estimate of drug-likeness (QED) is 0.440. The van der Waals surface area contributed by atoms with E-state index in [0.717, 1.165) is 6.42 Å². The van der Waals surface area contributed by atoms with Crippen LogP contribution in [0.3, 0.4) is 0 Å². The van der Waals surface area contributed by atoms with E-state index in [-0.39, 0.29) is 17.3 Å². The number of rotatable bonds is 5. The Hall–Kier alpha value is -0.480. The predicted octanol–water partition coefficient (Wildman–Crippen LogP) is 0.753. The van der Waals surface area contributed by atoms with Gasteiger partial charge in [-0.1, -0.05) is 13.8 Å². The van der Waals surface area contributed by atoms with E-state index in [9.17, 15) is 23.9 Å². The Morgan fingerprint density at radius 2 is 2.05 bits per heavy atom. The van der Waals surface area contributed by atoms with Crippen LogP contribution < -0.4 is 10.6 Å². The molecule has 0 heterocycles. The maximum absolute atomic E-state index is 13.4. The fraction of sp³-hybridized carbons (Fsp3) is 0.917. The Balaban J connectivity index is 2.03. The van der Waals surface area contributed by atoms with Crippen LogP contribution in [0.1, 0.15) is 33.6 Å². The van der Waals surface area contributed by atoms with Crippen molar-refractivity contribution < 1.29 is 33.3 Å². The van der Waals surface area contributed by atoms with E-state index >= 15 is 0 Å². The van der Waals surface area contributed by atoms with Crippen molar-refractivity contribution in [2.45, 2.75) is 50.5 Å². The van der Waals surface area contributed by atoms with Gasteiger partial charge in [0.25, 0.3) is 0 Å². The van der Waals surface area contributed by atoms with E-state index in [2.05, 4.69) is 14.7 Å². The number of aliphatic hydroxyl groups is 1. The van der Waals surface area contributed by atoms with Gasteiger partial charge in [0.1, 0.15) is 12.0 Å². The second-order valence-electron chi connectivity index (χ2n) is 6.53. The number of carbonyl (C=O) groups is 1. The van der Waals surface area contributed by atoms with Gasteiger partial charge in [0.05, 0.1) is 11.6 Å². The van der Waals surface area contributed by atoms with E-state index in [0.29, 0.717) is 6.42 Å². The van der Waals surface area contributed by atoms with Crippen molar-refractivity contribution in [3.63, 3.8) is 0 Å². The standard InChI is InChI=1S/C12H19F2NO5S/c1-10(2)6-4-7(10)11(3,17)8(5-6)15-9(16)12(13,14)21-20-19-18/h6-8,17-18H,4-5H2,1-3H3,(H,15,16)/p-1. The van der Waals surface area contributed by atoms with Crippen LogP contribution in [0.25, 0.3) is 0 Å². The Bertz CT molecular complexity index is 432. The molecular formula is C12H18F2NO5S-. The van der Waals surface area contributed by atoms with Gasteiger partial charge in [-0.3, -0.25) is 9.83 Å². The lowest BCUT2D eigenvalue weighted by Crippen LogP contribution is -2.70. The van der Waals surface area contributed by atoms with Crippen LogP contribution >= 0.6 is 12.0 Å². The summed E-state index contributed by atoms with van der Waals surface area (Å²) in [6, 6.07) is -0.763. The third kappa shape index (κ3) is 2.77. The molecule has 6 nitrogen and oxygen atoms in total. The van der Waals surface area contributed by atoms with Crippen LogP contribution in [0.15, 0.2) is 0 Å². The van der Waals surface area contributed by atoms with Crippen LogP contribution in [0, 0.1) is 17.3 Å². The normalized spacial score (nSPS) is 37.8. The summed E-state index contributed by atoms with van der Waals surface area (Å²) in [6.45, 7) is 5.62. The zero-order chi connectivity index (χ0) is 16.1. The molecule has 2 bridgehead atoms. The predicted molar refractivity (Wildman–Crippen MR) is 67.3 cm³/mol. The summed E-state index contributed by atoms with van der Waals surface area (Å²) in [5.74, 6) is -1.40. The average molecular weight is 326 g/mol. The fourth-order valence-electron chi connectivity index (χ4n) is 3.72. The molecule has 3 rings (SSSR count). The molecule has 0 aromatic heterocycles. The highest BCUT2D eigenvalue weighted by atomic mass is 32.2. The first kappa shape index (κ1) is 16.9. The molecule has 3 aliphatic rings. The van der Waals surface area contributed by atoms with Crippen molar-refractivity contribution in [2.75, 3.05) is 0 Å². The van der Waals surface area contributed by atoms with Gasteiger partial charge in [0.2, 0.25) is 0 Å². The highest BCUT2D eigenvalue weighted by Crippen LogP contribution is 2.62. The minimum Gasteiger partial charge on any atom is -0.691 e. The average Bonchev–Trinajstić information content (AvgIpc) is 2.37. The molecule has 21 heavy (non-hydrogen) atoms. The van der Waals surface area contributed by atoms with Crippen LogP contribution in [0.2, 0.25) is 0 Å². The molecule has 0 saturated heterocycles. The van der Waals surface area contributed by atoms with Crippen molar-refractivity contribution in [2.24, 2.45) is 17.3 Å². The Morgan fingerprint density at radius 1 is 1.43 bits per heavy atom. The molecule has 0 aromatic rings. The summed E-state index contributed by atoms with van der Waals surface area (Å²) >= 11 is -0.674. The first-order valence-corrected chi connectivity index (χ1v) is 7.33. The van der Waals surface area contributed by atoms with Gasteiger partial charge in [-0.05, 0) is 37.0 Å². The van der Waals surface area contributed by atoms with Crippen molar-refractivity contribution in [1.29, 1.82) is 0 Å². The number of alkyl halides is 2. The monoisotopic (exact) mass is 326 g/mol. The van der Waals surface area contributed by atoms with E-state index in [1.807, 2.05) is 13.8 Å². The number of carbonyl (C=O) groups excluding carboxylic acids is 1. The Labute approximate surface area is 125 Å². The number of fused-ring (bicyclic) bond motifs is 2. The molecule has 9 heteroatoms. The maximum Gasteiger partial charge on any atom is 0.397 e. The zero-order valence-corrected chi connectivity index (χ0v) is 12.7. The zero-order valence-electron chi connectivity index (χ0n) is 11.9. The summed E-state index contributed by atoms with van der Waals surface area (Å²) in [7, 11) is 0. The number of hydrogen-bond donors (Lipinski definition) is 2. The third-order valence-corrected chi connectivity index (χ3v) is 5.66. The third-order valence-electron chi connectivity index (χ3n) is 5.14. The van der Waals surface area contributed by atoms with Gasteiger partial charge in [-0.2, -0.15) is 13.1 Å². The van der Waals surface area contributed by atoms with Gasteiger partial charge in [0.15, 0.2) is 0 Å². The van der Waals surface area contributed by atoms with Crippen molar-refractivity contribution in [3.8, 4) is 0 Å². The molecule has 4 atom stereocenters. The molecule has 3 fully saturated rings. The lowest BCUT2D eigenvalue weighted by molar-refractivity contribution is -0.777. The van der Waals surface area contributed by atoms with E-state index in [4.69, 9.17) is 0 Å². The van der Waals surface area contributed by atoms with E-state index in [1.165, 1.54) is 0 Å². The van der Waals surface area contributed by atoms with Crippen LogP contribution in [0.4, 0.5) is 8.78 Å². The van der Waals surface area contributed by atoms with Gasteiger partial charge < -0.3 is 15.7 Å². The first-order valence-electron chi connectivity index (χ1n) is 6.59. The number of hydrogen-bond acceptors (Lipinski definition) is 6. The highest BCUT2D eigenvalue weighted by molar-refractivity contribution is 7.96. The minimum absolute atomic E-state index is 0.0587. The smallest absolute Gasteiger partial charge is 0.397 e. The molecular weight excluding hydrogens is 308 g/mol. The fourth-order valence-corrected chi connectivity index (χ4v) is 3.96. The Kier molecular flexibility index (Phi) is 4.27. The molecule has 1 amide bonds. The summed E-state index contributed by atoms with van der Waals surface area (Å²) in [6.07, 6.45) is 1.26. The molecule has 3 aliphatic carbocycles. The molecule has 122 valence electrons. The lowest BCUT2D eigenvalue weighted by Gasteiger charge is -2.65. The first-order chi connectivity index (χ1) is 9.53. The topological polar surface area (TPSA) is 90.9 Å². The van der Waals surface area contributed by atoms with Gasteiger partial charge in [-0.25, -0.2) is 0 Å². The van der Waals surface area contributed by atoms with Crippen molar-refractivity contribution >= 4 is 17.9 Å². The SMILES string of the molecule is CC1(C)C2CC(NC(=O)C(F)(F)SOO[O-])C(C)(O)C1C2. The lowest BCUT2D eigenvalue weighted by atomic mass is 9.43. The van der Waals surface area contributed by atoms with Crippen LogP contribution in [0.5, 0.6) is 0 Å². The van der Waals surface area contributed by atoms with Gasteiger partial charge >= 0.3 is 11.2 Å². The number of nitrogens with one attached hydrogen (secondary N) is 1.